The summed E-state index contributed by atoms with van der Waals surface area (Å²) in [6.07, 6.45) is 1.97. The zero-order valence-electron chi connectivity index (χ0n) is 16.5. The van der Waals surface area contributed by atoms with Crippen LogP contribution in [0.5, 0.6) is 0 Å². The Morgan fingerprint density at radius 1 is 1.23 bits per heavy atom. The molecule has 3 amide bonds. The van der Waals surface area contributed by atoms with Crippen LogP contribution in [0.1, 0.15) is 40.7 Å². The van der Waals surface area contributed by atoms with Crippen molar-refractivity contribution in [3.63, 3.8) is 0 Å². The van der Waals surface area contributed by atoms with Crippen LogP contribution < -0.4 is 5.32 Å². The molecule has 1 fully saturated rings. The number of imide groups is 1. The molecule has 3 rings (SSSR count). The number of amides is 3. The van der Waals surface area contributed by atoms with Gasteiger partial charge < -0.3 is 9.64 Å². The lowest BCUT2D eigenvalue weighted by molar-refractivity contribution is -0.136. The number of piperidine rings is 1. The van der Waals surface area contributed by atoms with E-state index in [1.165, 1.54) is 4.90 Å². The van der Waals surface area contributed by atoms with Crippen LogP contribution in [0.3, 0.4) is 0 Å². The van der Waals surface area contributed by atoms with E-state index in [9.17, 15) is 22.8 Å². The van der Waals surface area contributed by atoms with Gasteiger partial charge in [-0.1, -0.05) is 11.8 Å². The number of fused-ring (bicyclic) bond motifs is 1. The predicted molar refractivity (Wildman–Crippen MR) is 106 cm³/mol. The summed E-state index contributed by atoms with van der Waals surface area (Å²) in [5.41, 5.74) is 2.04. The first-order chi connectivity index (χ1) is 14.2. The van der Waals surface area contributed by atoms with Gasteiger partial charge in [0.1, 0.15) is 12.6 Å². The van der Waals surface area contributed by atoms with Crippen LogP contribution in [0.25, 0.3) is 0 Å². The Hall–Kier alpha value is -2.74. The molecule has 2 aliphatic heterocycles. The summed E-state index contributed by atoms with van der Waals surface area (Å²) in [5, 5.41) is 2.28. The molecule has 0 bridgehead atoms. The zero-order valence-corrected chi connectivity index (χ0v) is 17.3. The largest absolute Gasteiger partial charge is 0.369 e. The average Bonchev–Trinajstić information content (AvgIpc) is 2.99. The monoisotopic (exact) mass is 434 g/mol. The van der Waals surface area contributed by atoms with Gasteiger partial charge in [0.15, 0.2) is 0 Å². The first-order valence-corrected chi connectivity index (χ1v) is 11.2. The van der Waals surface area contributed by atoms with E-state index in [-0.39, 0.29) is 31.4 Å². The molecular formula is C20H22N2O7S. The van der Waals surface area contributed by atoms with Crippen molar-refractivity contribution in [3.05, 3.63) is 34.9 Å². The molecule has 1 saturated heterocycles. The molecule has 0 aromatic heterocycles. The maximum atomic E-state index is 12.6. The standard InChI is InChI=1S/C20H22N2O7S/c1-30(26,27)29-11-3-10-28-9-2-4-14-5-6-16-15(12-14)13-22(20(16)25)17-7-8-18(23)21-19(17)24/h5-6,12,17H,3,7-11,13H2,1H3,(H,21,23,24). The number of benzene rings is 1. The van der Waals surface area contributed by atoms with Crippen LogP contribution >= 0.6 is 0 Å². The number of nitrogens with one attached hydrogen (secondary N) is 1. The van der Waals surface area contributed by atoms with Gasteiger partial charge >= 0.3 is 0 Å². The lowest BCUT2D eigenvalue weighted by atomic mass is 10.0. The molecule has 1 aromatic carbocycles. The Kier molecular flexibility index (Phi) is 6.87. The number of rotatable bonds is 7. The maximum absolute atomic E-state index is 12.6. The van der Waals surface area contributed by atoms with Crippen molar-refractivity contribution in [3.8, 4) is 11.8 Å². The van der Waals surface area contributed by atoms with E-state index in [1.54, 1.807) is 12.1 Å². The summed E-state index contributed by atoms with van der Waals surface area (Å²) in [6, 6.07) is 4.60. The smallest absolute Gasteiger partial charge is 0.264 e. The molecule has 2 aliphatic rings. The summed E-state index contributed by atoms with van der Waals surface area (Å²) >= 11 is 0. The van der Waals surface area contributed by atoms with Crippen LogP contribution in [-0.4, -0.2) is 63.2 Å². The van der Waals surface area contributed by atoms with Crippen LogP contribution in [0.15, 0.2) is 18.2 Å². The second-order valence-electron chi connectivity index (χ2n) is 7.01. The first kappa shape index (κ1) is 22.0. The van der Waals surface area contributed by atoms with Crippen LogP contribution in [0.2, 0.25) is 0 Å². The van der Waals surface area contributed by atoms with Gasteiger partial charge in [0.25, 0.3) is 16.0 Å². The fraction of sp³-hybridized carbons (Fsp3) is 0.450. The molecule has 30 heavy (non-hydrogen) atoms. The summed E-state index contributed by atoms with van der Waals surface area (Å²) < 4.78 is 31.6. The van der Waals surface area contributed by atoms with Gasteiger partial charge in [-0.3, -0.25) is 23.9 Å². The Bertz CT molecular complexity index is 1020. The quantitative estimate of drug-likeness (QED) is 0.281. The number of hydrogen-bond donors (Lipinski definition) is 1. The molecule has 1 unspecified atom stereocenters. The minimum atomic E-state index is -3.43. The third-order valence-corrected chi connectivity index (χ3v) is 5.26. The number of carbonyl (C=O) groups excluding carboxylic acids is 3. The molecule has 160 valence electrons. The van der Waals surface area contributed by atoms with Crippen LogP contribution in [0.4, 0.5) is 0 Å². The topological polar surface area (TPSA) is 119 Å². The van der Waals surface area contributed by atoms with Gasteiger partial charge in [0.05, 0.1) is 19.5 Å². The van der Waals surface area contributed by atoms with Crippen molar-refractivity contribution in [2.24, 2.45) is 0 Å². The molecule has 0 saturated carbocycles. The predicted octanol–water partition coefficient (Wildman–Crippen LogP) is 0.182. The highest BCUT2D eigenvalue weighted by Crippen LogP contribution is 2.28. The Morgan fingerprint density at radius 3 is 2.77 bits per heavy atom. The van der Waals surface area contributed by atoms with Crippen molar-refractivity contribution in [2.75, 3.05) is 26.1 Å². The molecule has 0 aliphatic carbocycles. The average molecular weight is 434 g/mol. The number of carbonyl (C=O) groups is 3. The highest BCUT2D eigenvalue weighted by atomic mass is 32.2. The van der Waals surface area contributed by atoms with Crippen molar-refractivity contribution in [2.45, 2.75) is 31.8 Å². The van der Waals surface area contributed by atoms with Crippen molar-refractivity contribution < 1.29 is 31.7 Å². The molecule has 1 atom stereocenters. The number of nitrogens with zero attached hydrogens (tertiary/aromatic N) is 1. The van der Waals surface area contributed by atoms with Gasteiger partial charge in [-0.25, -0.2) is 0 Å². The highest BCUT2D eigenvalue weighted by molar-refractivity contribution is 7.85. The fourth-order valence-corrected chi connectivity index (χ4v) is 3.71. The lowest BCUT2D eigenvalue weighted by Crippen LogP contribution is -2.52. The van der Waals surface area contributed by atoms with E-state index in [1.807, 2.05) is 6.07 Å². The molecule has 0 radical (unpaired) electrons. The van der Waals surface area contributed by atoms with E-state index < -0.39 is 22.1 Å². The first-order valence-electron chi connectivity index (χ1n) is 9.43. The normalized spacial score (nSPS) is 18.6. The van der Waals surface area contributed by atoms with Gasteiger partial charge in [0, 0.05) is 24.1 Å². The molecule has 1 N–H and O–H groups in total. The van der Waals surface area contributed by atoms with Gasteiger partial charge in [-0.2, -0.15) is 8.42 Å². The Balaban J connectivity index is 1.51. The van der Waals surface area contributed by atoms with Crippen LogP contribution in [0, 0.1) is 11.8 Å². The maximum Gasteiger partial charge on any atom is 0.264 e. The van der Waals surface area contributed by atoms with Gasteiger partial charge in [-0.05, 0) is 36.6 Å². The van der Waals surface area contributed by atoms with E-state index in [2.05, 4.69) is 21.3 Å². The molecule has 10 heteroatoms. The zero-order chi connectivity index (χ0) is 21.7. The summed E-state index contributed by atoms with van der Waals surface area (Å²) in [6.45, 7) is 0.864. The summed E-state index contributed by atoms with van der Waals surface area (Å²) in [5.74, 6) is 4.85. The van der Waals surface area contributed by atoms with Gasteiger partial charge in [-0.15, -0.1) is 0 Å². The summed E-state index contributed by atoms with van der Waals surface area (Å²) in [4.78, 5) is 37.5. The number of hydrogen-bond acceptors (Lipinski definition) is 7. The fourth-order valence-electron chi connectivity index (χ4n) is 3.28. The molecule has 1 aromatic rings. The Labute approximate surface area is 174 Å². The Morgan fingerprint density at radius 2 is 2.03 bits per heavy atom. The van der Waals surface area contributed by atoms with Crippen molar-refractivity contribution in [1.82, 2.24) is 10.2 Å². The van der Waals surface area contributed by atoms with Crippen LogP contribution in [-0.2, 0) is 35.2 Å². The lowest BCUT2D eigenvalue weighted by Gasteiger charge is -2.29. The molecule has 2 heterocycles. The third kappa shape index (κ3) is 5.66. The SMILES string of the molecule is CS(=O)(=O)OCCCOCC#Cc1ccc2c(c1)CN(C1CCC(=O)NC1=O)C2=O. The minimum Gasteiger partial charge on any atom is -0.369 e. The number of ether oxygens (including phenoxy) is 1. The molecule has 9 nitrogen and oxygen atoms in total. The van der Waals surface area contributed by atoms with Crippen molar-refractivity contribution >= 4 is 27.8 Å². The molecular weight excluding hydrogens is 412 g/mol. The minimum absolute atomic E-state index is 0.0643. The molecule has 0 spiro atoms. The van der Waals surface area contributed by atoms with E-state index in [0.717, 1.165) is 17.4 Å². The highest BCUT2D eigenvalue weighted by Gasteiger charge is 2.38. The third-order valence-electron chi connectivity index (χ3n) is 4.66. The van der Waals surface area contributed by atoms with Crippen molar-refractivity contribution in [1.29, 1.82) is 0 Å². The summed E-state index contributed by atoms with van der Waals surface area (Å²) in [7, 11) is -3.43. The van der Waals surface area contributed by atoms with E-state index in [4.69, 9.17) is 4.74 Å². The second-order valence-corrected chi connectivity index (χ2v) is 8.65. The van der Waals surface area contributed by atoms with Gasteiger partial charge in [0.2, 0.25) is 11.8 Å². The van der Waals surface area contributed by atoms with E-state index in [0.29, 0.717) is 31.6 Å². The van der Waals surface area contributed by atoms with E-state index >= 15 is 0 Å². The second kappa shape index (κ2) is 9.38.